The van der Waals surface area contributed by atoms with Crippen LogP contribution >= 0.6 is 11.3 Å². The molecule has 0 unspecified atom stereocenters. The van der Waals surface area contributed by atoms with Crippen LogP contribution in [-0.4, -0.2) is 60.5 Å². The highest BCUT2D eigenvalue weighted by Gasteiger charge is 2.19. The fourth-order valence-electron chi connectivity index (χ4n) is 3.37. The van der Waals surface area contributed by atoms with Gasteiger partial charge in [0.1, 0.15) is 16.6 Å². The number of benzene rings is 2. The lowest BCUT2D eigenvalue weighted by Gasteiger charge is -2.32. The van der Waals surface area contributed by atoms with Crippen molar-refractivity contribution < 1.29 is 13.9 Å². The van der Waals surface area contributed by atoms with Crippen LogP contribution in [0.1, 0.15) is 5.69 Å². The van der Waals surface area contributed by atoms with E-state index in [1.165, 1.54) is 12.1 Å². The minimum absolute atomic E-state index is 0.0226. The van der Waals surface area contributed by atoms with Gasteiger partial charge in [0.2, 0.25) is 0 Å². The lowest BCUT2D eigenvalue weighted by Crippen LogP contribution is -2.48. The van der Waals surface area contributed by atoms with Crippen molar-refractivity contribution in [3.05, 3.63) is 60.0 Å². The number of hydrogen-bond donors (Lipinski definition) is 0. The Bertz CT molecular complexity index is 1010. The van der Waals surface area contributed by atoms with Gasteiger partial charge >= 0.3 is 0 Å². The van der Waals surface area contributed by atoms with Crippen LogP contribution in [0.2, 0.25) is 0 Å². The molecule has 1 saturated heterocycles. The number of carbonyl (C=O) groups is 1. The van der Waals surface area contributed by atoms with Crippen LogP contribution in [0.3, 0.4) is 0 Å². The quantitative estimate of drug-likeness (QED) is 0.618. The molecule has 1 aliphatic rings. The Hall–Kier alpha value is -2.77. The molecular formula is C23H24FN3O2S. The highest BCUT2D eigenvalue weighted by atomic mass is 32.1. The minimum Gasteiger partial charge on any atom is -0.484 e. The lowest BCUT2D eigenvalue weighted by molar-refractivity contribution is -0.134. The first-order chi connectivity index (χ1) is 14.5. The van der Waals surface area contributed by atoms with Crippen molar-refractivity contribution in [2.24, 2.45) is 0 Å². The Morgan fingerprint density at radius 2 is 1.67 bits per heavy atom. The van der Waals surface area contributed by atoms with Gasteiger partial charge in [-0.25, -0.2) is 9.37 Å². The summed E-state index contributed by atoms with van der Waals surface area (Å²) in [6.07, 6.45) is 0. The number of halogens is 1. The molecule has 0 spiro atoms. The summed E-state index contributed by atoms with van der Waals surface area (Å²) in [4.78, 5) is 22.1. The van der Waals surface area contributed by atoms with Crippen LogP contribution in [0.4, 0.5) is 4.39 Å². The van der Waals surface area contributed by atoms with Crippen molar-refractivity contribution in [1.82, 2.24) is 14.8 Å². The van der Waals surface area contributed by atoms with Crippen molar-refractivity contribution in [2.45, 2.75) is 6.92 Å². The van der Waals surface area contributed by atoms with Gasteiger partial charge in [0.05, 0.1) is 10.6 Å². The number of likely N-dealkylation sites (N-methyl/N-ethyl adjacent to an activating group) is 1. The number of hydrogen-bond acceptors (Lipinski definition) is 5. The first kappa shape index (κ1) is 20.5. The summed E-state index contributed by atoms with van der Waals surface area (Å²) in [6.45, 7) is 5.32. The standard InChI is InChI=1S/C23H24FN3O2S/c1-16-22(30-23(25-16)18-3-7-19(24)8-4-18)17-5-9-20(10-6-17)29-15-21(28)27-13-11-26(2)12-14-27/h3-10H,11-15H2,1-2H3. The number of thiazole rings is 1. The highest BCUT2D eigenvalue weighted by molar-refractivity contribution is 7.18. The van der Waals surface area contributed by atoms with E-state index in [1.807, 2.05) is 36.1 Å². The Kier molecular flexibility index (Phi) is 6.11. The zero-order valence-corrected chi connectivity index (χ0v) is 17.9. The number of ether oxygens (including phenoxy) is 1. The van der Waals surface area contributed by atoms with Crippen LogP contribution in [0.5, 0.6) is 5.75 Å². The normalized spacial score (nSPS) is 14.7. The number of piperazine rings is 1. The summed E-state index contributed by atoms with van der Waals surface area (Å²) in [5.41, 5.74) is 2.87. The molecule has 5 nitrogen and oxygen atoms in total. The molecule has 3 aromatic rings. The predicted molar refractivity (Wildman–Crippen MR) is 117 cm³/mol. The largest absolute Gasteiger partial charge is 0.484 e. The van der Waals surface area contributed by atoms with Crippen molar-refractivity contribution in [1.29, 1.82) is 0 Å². The second-order valence-corrected chi connectivity index (χ2v) is 8.44. The summed E-state index contributed by atoms with van der Waals surface area (Å²) >= 11 is 1.58. The third-order valence-electron chi connectivity index (χ3n) is 5.22. The van der Waals surface area contributed by atoms with Gasteiger partial charge in [-0.3, -0.25) is 4.79 Å². The van der Waals surface area contributed by atoms with Crippen LogP contribution in [0.25, 0.3) is 21.0 Å². The lowest BCUT2D eigenvalue weighted by atomic mass is 10.1. The molecule has 2 aromatic carbocycles. The smallest absolute Gasteiger partial charge is 0.260 e. The summed E-state index contributed by atoms with van der Waals surface area (Å²) in [5.74, 6) is 0.436. The van der Waals surface area contributed by atoms with Crippen molar-refractivity contribution in [2.75, 3.05) is 39.8 Å². The SMILES string of the molecule is Cc1nc(-c2ccc(F)cc2)sc1-c1ccc(OCC(=O)N2CCN(C)CC2)cc1. The molecule has 0 atom stereocenters. The van der Waals surface area contributed by atoms with Crippen molar-refractivity contribution in [3.63, 3.8) is 0 Å². The van der Waals surface area contributed by atoms with E-state index in [0.29, 0.717) is 5.75 Å². The molecule has 1 fully saturated rings. The van der Waals surface area contributed by atoms with Gasteiger partial charge in [-0.15, -0.1) is 11.3 Å². The van der Waals surface area contributed by atoms with E-state index < -0.39 is 0 Å². The molecule has 0 radical (unpaired) electrons. The van der Waals surface area contributed by atoms with E-state index in [2.05, 4.69) is 16.9 Å². The molecule has 0 aliphatic carbocycles. The second-order valence-electron chi connectivity index (χ2n) is 7.44. The summed E-state index contributed by atoms with van der Waals surface area (Å²) < 4.78 is 18.9. The van der Waals surface area contributed by atoms with Gasteiger partial charge in [0.15, 0.2) is 6.61 Å². The maximum atomic E-state index is 13.2. The number of carbonyl (C=O) groups excluding carboxylic acids is 1. The summed E-state index contributed by atoms with van der Waals surface area (Å²) in [5, 5.41) is 0.862. The molecule has 156 valence electrons. The molecule has 7 heteroatoms. The number of aryl methyl sites for hydroxylation is 1. The molecular weight excluding hydrogens is 401 g/mol. The predicted octanol–water partition coefficient (Wildman–Crippen LogP) is 4.08. The van der Waals surface area contributed by atoms with E-state index in [1.54, 1.807) is 23.5 Å². The average Bonchev–Trinajstić information content (AvgIpc) is 3.15. The maximum absolute atomic E-state index is 13.2. The topological polar surface area (TPSA) is 45.7 Å². The Morgan fingerprint density at radius 1 is 1.03 bits per heavy atom. The fraction of sp³-hybridized carbons (Fsp3) is 0.304. The number of rotatable bonds is 5. The molecule has 1 aliphatic heterocycles. The molecule has 0 saturated carbocycles. The van der Waals surface area contributed by atoms with Gasteiger partial charge in [-0.05, 0) is 68.1 Å². The monoisotopic (exact) mass is 425 g/mol. The van der Waals surface area contributed by atoms with E-state index in [-0.39, 0.29) is 18.3 Å². The fourth-order valence-corrected chi connectivity index (χ4v) is 4.45. The van der Waals surface area contributed by atoms with Crippen LogP contribution in [-0.2, 0) is 4.79 Å². The number of amides is 1. The van der Waals surface area contributed by atoms with Crippen molar-refractivity contribution in [3.8, 4) is 26.8 Å². The Labute approximate surface area is 179 Å². The first-order valence-electron chi connectivity index (χ1n) is 9.92. The van der Waals surface area contributed by atoms with Gasteiger partial charge in [-0.1, -0.05) is 0 Å². The number of aromatic nitrogens is 1. The van der Waals surface area contributed by atoms with Crippen LogP contribution in [0.15, 0.2) is 48.5 Å². The molecule has 0 bridgehead atoms. The van der Waals surface area contributed by atoms with E-state index >= 15 is 0 Å². The molecule has 2 heterocycles. The minimum atomic E-state index is -0.256. The third kappa shape index (κ3) is 4.68. The maximum Gasteiger partial charge on any atom is 0.260 e. The molecule has 1 aromatic heterocycles. The highest BCUT2D eigenvalue weighted by Crippen LogP contribution is 2.35. The molecule has 4 rings (SSSR count). The molecule has 30 heavy (non-hydrogen) atoms. The first-order valence-corrected chi connectivity index (χ1v) is 10.7. The average molecular weight is 426 g/mol. The Balaban J connectivity index is 1.40. The van der Waals surface area contributed by atoms with Crippen LogP contribution in [0, 0.1) is 12.7 Å². The van der Waals surface area contributed by atoms with Gasteiger partial charge in [-0.2, -0.15) is 0 Å². The zero-order valence-electron chi connectivity index (χ0n) is 17.1. The Morgan fingerprint density at radius 3 is 2.33 bits per heavy atom. The third-order valence-corrected chi connectivity index (χ3v) is 6.48. The molecule has 1 amide bonds. The van der Waals surface area contributed by atoms with Crippen LogP contribution < -0.4 is 4.74 Å². The van der Waals surface area contributed by atoms with E-state index in [4.69, 9.17) is 4.74 Å². The van der Waals surface area contributed by atoms with Gasteiger partial charge in [0, 0.05) is 31.7 Å². The molecule has 0 N–H and O–H groups in total. The van der Waals surface area contributed by atoms with Gasteiger partial charge in [0.25, 0.3) is 5.91 Å². The van der Waals surface area contributed by atoms with E-state index in [0.717, 1.165) is 52.9 Å². The number of nitrogens with zero attached hydrogens (tertiary/aromatic N) is 3. The van der Waals surface area contributed by atoms with Crippen molar-refractivity contribution >= 4 is 17.2 Å². The van der Waals surface area contributed by atoms with E-state index in [9.17, 15) is 9.18 Å². The van der Waals surface area contributed by atoms with Gasteiger partial charge < -0.3 is 14.5 Å². The summed E-state index contributed by atoms with van der Waals surface area (Å²) in [7, 11) is 2.06. The second kappa shape index (κ2) is 8.93. The summed E-state index contributed by atoms with van der Waals surface area (Å²) in [6, 6.07) is 14.1. The zero-order chi connectivity index (χ0) is 21.1.